The minimum absolute atomic E-state index is 0.119. The van der Waals surface area contributed by atoms with Gasteiger partial charge < -0.3 is 14.6 Å². The largest absolute Gasteiger partial charge is 0.451 e. The first-order chi connectivity index (χ1) is 13.3. The molecule has 3 aliphatic heterocycles. The maximum Gasteiger partial charge on any atom is 0.287 e. The maximum atomic E-state index is 12.7. The molecule has 6 rings (SSSR count). The molecule has 3 saturated heterocycles. The van der Waals surface area contributed by atoms with Crippen LogP contribution in [0.1, 0.15) is 23.4 Å². The number of fused-ring (bicyclic) bond motifs is 3. The highest BCUT2D eigenvalue weighted by Gasteiger charge is 2.35. The predicted octanol–water partition coefficient (Wildman–Crippen LogP) is 3.89. The molecular weight excluding hydrogens is 358 g/mol. The summed E-state index contributed by atoms with van der Waals surface area (Å²) in [5, 5.41) is 6.09. The molecule has 5 nitrogen and oxygen atoms in total. The molecule has 138 valence electrons. The lowest BCUT2D eigenvalue weighted by molar-refractivity contribution is 0.0606. The summed E-state index contributed by atoms with van der Waals surface area (Å²) in [6, 6.07) is 11.9. The molecule has 1 aromatic carbocycles. The van der Waals surface area contributed by atoms with Crippen LogP contribution in [-0.4, -0.2) is 41.5 Å². The van der Waals surface area contributed by atoms with Crippen LogP contribution in [0.5, 0.6) is 0 Å². The van der Waals surface area contributed by atoms with Crippen molar-refractivity contribution >= 4 is 17.2 Å². The number of rotatable bonds is 4. The lowest BCUT2D eigenvalue weighted by atomic mass is 9.84. The van der Waals surface area contributed by atoms with Crippen molar-refractivity contribution in [3.63, 3.8) is 0 Å². The monoisotopic (exact) mass is 379 g/mol. The minimum Gasteiger partial charge on any atom is -0.451 e. The van der Waals surface area contributed by atoms with Crippen LogP contribution in [0.15, 0.2) is 52.4 Å². The van der Waals surface area contributed by atoms with Crippen LogP contribution >= 0.6 is 11.3 Å². The van der Waals surface area contributed by atoms with Crippen LogP contribution < -0.4 is 5.32 Å². The highest BCUT2D eigenvalue weighted by molar-refractivity contribution is 7.13. The van der Waals surface area contributed by atoms with Gasteiger partial charge in [0, 0.05) is 35.3 Å². The van der Waals surface area contributed by atoms with Crippen molar-refractivity contribution in [1.29, 1.82) is 0 Å². The Balaban J connectivity index is 1.37. The summed E-state index contributed by atoms with van der Waals surface area (Å²) in [5.41, 5.74) is 1.97. The third-order valence-corrected chi connectivity index (χ3v) is 6.46. The smallest absolute Gasteiger partial charge is 0.287 e. The first kappa shape index (κ1) is 16.7. The number of thiazole rings is 1. The molecule has 1 amide bonds. The second kappa shape index (κ2) is 6.94. The molecule has 27 heavy (non-hydrogen) atoms. The number of carbonyl (C=O) groups is 1. The van der Waals surface area contributed by atoms with Crippen LogP contribution in [-0.2, 0) is 0 Å². The van der Waals surface area contributed by atoms with Crippen molar-refractivity contribution in [2.45, 2.75) is 18.9 Å². The van der Waals surface area contributed by atoms with Crippen LogP contribution in [0.2, 0.25) is 0 Å². The van der Waals surface area contributed by atoms with Gasteiger partial charge in [0.15, 0.2) is 5.76 Å². The fourth-order valence-corrected chi connectivity index (χ4v) is 4.89. The molecule has 1 atom stereocenters. The van der Waals surface area contributed by atoms with E-state index in [1.54, 1.807) is 23.6 Å². The molecule has 5 heterocycles. The highest BCUT2D eigenvalue weighted by Crippen LogP contribution is 2.34. The average Bonchev–Trinajstić information content (AvgIpc) is 3.41. The Morgan fingerprint density at radius 1 is 1.15 bits per heavy atom. The van der Waals surface area contributed by atoms with Crippen molar-refractivity contribution in [3.8, 4) is 21.9 Å². The maximum absolute atomic E-state index is 12.7. The number of hydrogen-bond acceptors (Lipinski definition) is 5. The van der Waals surface area contributed by atoms with Gasteiger partial charge >= 0.3 is 0 Å². The molecule has 0 radical (unpaired) electrons. The van der Waals surface area contributed by atoms with Gasteiger partial charge in [-0.05, 0) is 44.0 Å². The third kappa shape index (κ3) is 3.19. The first-order valence-corrected chi connectivity index (χ1v) is 10.3. The molecular formula is C21H21N3O2S. The Hall–Kier alpha value is -2.44. The molecule has 1 N–H and O–H groups in total. The molecule has 0 saturated carbocycles. The van der Waals surface area contributed by atoms with Gasteiger partial charge in [-0.25, -0.2) is 4.98 Å². The number of nitrogens with zero attached hydrogens (tertiary/aromatic N) is 2. The lowest BCUT2D eigenvalue weighted by Gasteiger charge is -2.44. The van der Waals surface area contributed by atoms with E-state index in [2.05, 4.69) is 15.2 Å². The summed E-state index contributed by atoms with van der Waals surface area (Å²) in [4.78, 5) is 19.6. The second-order valence-electron chi connectivity index (χ2n) is 7.26. The van der Waals surface area contributed by atoms with Crippen molar-refractivity contribution in [3.05, 3.63) is 53.7 Å². The quantitative estimate of drug-likeness (QED) is 0.747. The molecule has 3 aliphatic rings. The number of piperidine rings is 3. The van der Waals surface area contributed by atoms with Crippen LogP contribution in [0, 0.1) is 5.92 Å². The van der Waals surface area contributed by atoms with Gasteiger partial charge in [0.2, 0.25) is 0 Å². The molecule has 2 bridgehead atoms. The van der Waals surface area contributed by atoms with Crippen LogP contribution in [0.4, 0.5) is 0 Å². The number of hydrogen-bond donors (Lipinski definition) is 1. The summed E-state index contributed by atoms with van der Waals surface area (Å²) in [5.74, 6) is 1.54. The molecule has 3 aromatic rings. The zero-order valence-corrected chi connectivity index (χ0v) is 15.7. The van der Waals surface area contributed by atoms with E-state index in [9.17, 15) is 4.79 Å². The highest BCUT2D eigenvalue weighted by atomic mass is 32.1. The van der Waals surface area contributed by atoms with Gasteiger partial charge in [-0.2, -0.15) is 0 Å². The summed E-state index contributed by atoms with van der Waals surface area (Å²) >= 11 is 1.59. The molecule has 0 spiro atoms. The predicted molar refractivity (Wildman–Crippen MR) is 106 cm³/mol. The number of benzene rings is 1. The lowest BCUT2D eigenvalue weighted by Crippen LogP contribution is -2.57. The van der Waals surface area contributed by atoms with Crippen LogP contribution in [0.25, 0.3) is 21.9 Å². The van der Waals surface area contributed by atoms with Crippen molar-refractivity contribution in [1.82, 2.24) is 15.2 Å². The van der Waals surface area contributed by atoms with Gasteiger partial charge in [-0.1, -0.05) is 24.3 Å². The van der Waals surface area contributed by atoms with Gasteiger partial charge in [0.25, 0.3) is 5.91 Å². The fourth-order valence-electron chi connectivity index (χ4n) is 4.21. The zero-order chi connectivity index (χ0) is 18.2. The molecule has 2 aromatic heterocycles. The van der Waals surface area contributed by atoms with E-state index in [1.807, 2.05) is 35.7 Å². The average molecular weight is 379 g/mol. The van der Waals surface area contributed by atoms with E-state index in [4.69, 9.17) is 4.42 Å². The minimum atomic E-state index is -0.119. The molecule has 6 heteroatoms. The van der Waals surface area contributed by atoms with E-state index in [0.717, 1.165) is 35.8 Å². The Labute approximate surface area is 162 Å². The van der Waals surface area contributed by atoms with E-state index in [1.165, 1.54) is 12.8 Å². The summed E-state index contributed by atoms with van der Waals surface area (Å²) in [7, 11) is 0. The molecule has 1 unspecified atom stereocenters. The Morgan fingerprint density at radius 3 is 2.67 bits per heavy atom. The summed E-state index contributed by atoms with van der Waals surface area (Å²) in [6.07, 6.45) is 4.15. The topological polar surface area (TPSA) is 58.4 Å². The summed E-state index contributed by atoms with van der Waals surface area (Å²) < 4.78 is 5.94. The van der Waals surface area contributed by atoms with Crippen molar-refractivity contribution in [2.24, 2.45) is 5.92 Å². The van der Waals surface area contributed by atoms with E-state index in [-0.39, 0.29) is 11.9 Å². The van der Waals surface area contributed by atoms with Crippen LogP contribution in [0.3, 0.4) is 0 Å². The zero-order valence-electron chi connectivity index (χ0n) is 14.9. The molecule has 0 aliphatic carbocycles. The number of carbonyl (C=O) groups excluding carboxylic acids is 1. The van der Waals surface area contributed by atoms with Crippen molar-refractivity contribution < 1.29 is 9.21 Å². The second-order valence-corrected chi connectivity index (χ2v) is 8.16. The van der Waals surface area contributed by atoms with E-state index < -0.39 is 0 Å². The Bertz CT molecular complexity index is 942. The van der Waals surface area contributed by atoms with Gasteiger partial charge in [-0.15, -0.1) is 11.3 Å². The van der Waals surface area contributed by atoms with E-state index in [0.29, 0.717) is 17.4 Å². The molecule has 3 fully saturated rings. The SMILES string of the molecule is O=C(NC1CN2CCC1CC2)c1ccc(-c2ccccc2-c2nccs2)o1. The van der Waals surface area contributed by atoms with Crippen molar-refractivity contribution in [2.75, 3.05) is 19.6 Å². The van der Waals surface area contributed by atoms with Gasteiger partial charge in [-0.3, -0.25) is 4.79 Å². The van der Waals surface area contributed by atoms with E-state index >= 15 is 0 Å². The fraction of sp³-hybridized carbons (Fsp3) is 0.333. The number of amides is 1. The number of aromatic nitrogens is 1. The first-order valence-electron chi connectivity index (χ1n) is 9.40. The number of nitrogens with one attached hydrogen (secondary N) is 1. The standard InChI is InChI=1S/C21H21N3O2S/c25-20(23-17-13-24-10-7-14(17)8-11-24)19-6-5-18(26-19)15-3-1-2-4-16(15)21-22-9-12-27-21/h1-6,9,12,14,17H,7-8,10-11,13H2,(H,23,25). The third-order valence-electron chi connectivity index (χ3n) is 5.66. The Morgan fingerprint density at radius 2 is 1.96 bits per heavy atom. The number of furan rings is 1. The normalized spacial score (nSPS) is 24.1. The summed E-state index contributed by atoms with van der Waals surface area (Å²) in [6.45, 7) is 3.28. The Kier molecular flexibility index (Phi) is 4.30. The van der Waals surface area contributed by atoms with Gasteiger partial charge in [0.05, 0.1) is 0 Å². The van der Waals surface area contributed by atoms with Gasteiger partial charge in [0.1, 0.15) is 10.8 Å².